The maximum atomic E-state index is 12.0. The normalized spacial score (nSPS) is 14.6. The highest BCUT2D eigenvalue weighted by molar-refractivity contribution is 14.0. The number of hydrogen-bond acceptors (Lipinski definition) is 5. The first-order valence-electron chi connectivity index (χ1n) is 6.24. The lowest BCUT2D eigenvalue weighted by atomic mass is 10.4. The van der Waals surface area contributed by atoms with Crippen molar-refractivity contribution in [1.29, 1.82) is 0 Å². The summed E-state index contributed by atoms with van der Waals surface area (Å²) in [4.78, 5) is 6.42. The summed E-state index contributed by atoms with van der Waals surface area (Å²) >= 11 is 5.79. The zero-order valence-corrected chi connectivity index (χ0v) is 15.4. The number of nitrogens with one attached hydrogen (secondary N) is 2. The number of likely N-dealkylation sites (N-methyl/N-ethyl adjacent to an activating group) is 1. The van der Waals surface area contributed by atoms with Gasteiger partial charge >= 0.3 is 0 Å². The number of rotatable bonds is 5. The minimum absolute atomic E-state index is 0. The van der Waals surface area contributed by atoms with Crippen molar-refractivity contribution in [2.45, 2.75) is 4.90 Å². The Bertz CT molecular complexity index is 609. The Morgan fingerprint density at radius 3 is 2.76 bits per heavy atom. The van der Waals surface area contributed by atoms with E-state index in [9.17, 15) is 8.42 Å². The van der Waals surface area contributed by atoms with Crippen LogP contribution in [0, 0.1) is 0 Å². The van der Waals surface area contributed by atoms with E-state index in [1.807, 2.05) is 11.9 Å². The molecule has 2 rings (SSSR count). The molecule has 9 heteroatoms. The van der Waals surface area contributed by atoms with Crippen molar-refractivity contribution in [3.8, 4) is 0 Å². The first kappa shape index (κ1) is 18.5. The van der Waals surface area contributed by atoms with Crippen LogP contribution in [0.1, 0.15) is 0 Å². The molecule has 0 bridgehead atoms. The molecule has 1 heterocycles. The Hall–Kier alpha value is -0.580. The molecule has 0 spiro atoms. The van der Waals surface area contributed by atoms with Crippen LogP contribution in [0.5, 0.6) is 0 Å². The maximum Gasteiger partial charge on any atom is 0.240 e. The van der Waals surface area contributed by atoms with Crippen LogP contribution < -0.4 is 10.0 Å². The molecule has 0 aliphatic carbocycles. The summed E-state index contributed by atoms with van der Waals surface area (Å²) in [6, 6.07) is 6.18. The SMILES string of the molecule is CN1CCN=C1NCCNS(=O)(=O)c1cccc(Cl)c1.I. The summed E-state index contributed by atoms with van der Waals surface area (Å²) in [5, 5.41) is 3.49. The van der Waals surface area contributed by atoms with Crippen LogP contribution in [0.25, 0.3) is 0 Å². The summed E-state index contributed by atoms with van der Waals surface area (Å²) < 4.78 is 26.5. The van der Waals surface area contributed by atoms with Gasteiger partial charge in [0.05, 0.1) is 11.4 Å². The second kappa shape index (κ2) is 8.16. The predicted octanol–water partition coefficient (Wildman–Crippen LogP) is 1.13. The van der Waals surface area contributed by atoms with Crippen molar-refractivity contribution in [2.24, 2.45) is 4.99 Å². The highest BCUT2D eigenvalue weighted by atomic mass is 127. The van der Waals surface area contributed by atoms with Crippen molar-refractivity contribution in [1.82, 2.24) is 14.9 Å². The highest BCUT2D eigenvalue weighted by Crippen LogP contribution is 2.14. The molecule has 0 unspecified atom stereocenters. The third-order valence-corrected chi connectivity index (χ3v) is 4.56. The zero-order chi connectivity index (χ0) is 14.6. The van der Waals surface area contributed by atoms with E-state index in [-0.39, 0.29) is 35.4 Å². The molecule has 0 fully saturated rings. The van der Waals surface area contributed by atoms with Gasteiger partial charge in [-0.1, -0.05) is 17.7 Å². The van der Waals surface area contributed by atoms with Gasteiger partial charge in [0.2, 0.25) is 10.0 Å². The molecule has 1 aliphatic rings. The maximum absolute atomic E-state index is 12.0. The minimum Gasteiger partial charge on any atom is -0.355 e. The van der Waals surface area contributed by atoms with Crippen molar-refractivity contribution < 1.29 is 8.42 Å². The number of halogens is 2. The molecular formula is C12H18ClIN4O2S. The molecule has 0 saturated heterocycles. The molecule has 0 aromatic heterocycles. The van der Waals surface area contributed by atoms with E-state index in [0.29, 0.717) is 11.6 Å². The largest absolute Gasteiger partial charge is 0.355 e. The van der Waals surface area contributed by atoms with E-state index in [1.54, 1.807) is 12.1 Å². The van der Waals surface area contributed by atoms with Gasteiger partial charge in [-0.2, -0.15) is 0 Å². The lowest BCUT2D eigenvalue weighted by molar-refractivity contribution is 0.533. The van der Waals surface area contributed by atoms with Gasteiger partial charge in [-0.05, 0) is 18.2 Å². The van der Waals surface area contributed by atoms with E-state index in [2.05, 4.69) is 15.0 Å². The zero-order valence-electron chi connectivity index (χ0n) is 11.5. The van der Waals surface area contributed by atoms with Gasteiger partial charge in [-0.25, -0.2) is 13.1 Å². The first-order chi connectivity index (χ1) is 9.49. The Morgan fingerprint density at radius 1 is 1.38 bits per heavy atom. The van der Waals surface area contributed by atoms with Crippen LogP contribution in [0.4, 0.5) is 0 Å². The van der Waals surface area contributed by atoms with Gasteiger partial charge in [0.15, 0.2) is 5.96 Å². The van der Waals surface area contributed by atoms with Crippen molar-refractivity contribution in [3.63, 3.8) is 0 Å². The smallest absolute Gasteiger partial charge is 0.240 e. The van der Waals surface area contributed by atoms with Gasteiger partial charge in [-0.3, -0.25) is 4.99 Å². The molecule has 1 aromatic rings. The van der Waals surface area contributed by atoms with Gasteiger partial charge in [-0.15, -0.1) is 24.0 Å². The van der Waals surface area contributed by atoms with Crippen LogP contribution in [0.3, 0.4) is 0 Å². The van der Waals surface area contributed by atoms with E-state index in [0.717, 1.165) is 19.0 Å². The fourth-order valence-corrected chi connectivity index (χ4v) is 3.13. The number of benzene rings is 1. The minimum atomic E-state index is -3.52. The predicted molar refractivity (Wildman–Crippen MR) is 95.0 cm³/mol. The monoisotopic (exact) mass is 444 g/mol. The summed E-state index contributed by atoms with van der Waals surface area (Å²) in [7, 11) is -1.58. The first-order valence-corrected chi connectivity index (χ1v) is 8.10. The summed E-state index contributed by atoms with van der Waals surface area (Å²) in [6.07, 6.45) is 0. The molecule has 0 saturated carbocycles. The number of sulfonamides is 1. The fraction of sp³-hybridized carbons (Fsp3) is 0.417. The van der Waals surface area contributed by atoms with Crippen LogP contribution >= 0.6 is 35.6 Å². The average molecular weight is 445 g/mol. The second-order valence-corrected chi connectivity index (χ2v) is 6.61. The highest BCUT2D eigenvalue weighted by Gasteiger charge is 2.14. The molecule has 21 heavy (non-hydrogen) atoms. The molecule has 2 N–H and O–H groups in total. The quantitative estimate of drug-likeness (QED) is 0.527. The molecule has 1 aromatic carbocycles. The molecule has 6 nitrogen and oxygen atoms in total. The molecule has 0 amide bonds. The number of nitrogens with zero attached hydrogens (tertiary/aromatic N) is 2. The third-order valence-electron chi connectivity index (χ3n) is 2.87. The molecule has 0 atom stereocenters. The Morgan fingerprint density at radius 2 is 2.14 bits per heavy atom. The summed E-state index contributed by atoms with van der Waals surface area (Å²) in [6.45, 7) is 2.41. The lowest BCUT2D eigenvalue weighted by Crippen LogP contribution is -2.40. The summed E-state index contributed by atoms with van der Waals surface area (Å²) in [5.41, 5.74) is 0. The average Bonchev–Trinajstić information content (AvgIpc) is 2.80. The number of hydrogen-bond donors (Lipinski definition) is 2. The molecule has 1 aliphatic heterocycles. The van der Waals surface area contributed by atoms with Gasteiger partial charge < -0.3 is 10.2 Å². The van der Waals surface area contributed by atoms with Gasteiger partial charge in [0, 0.05) is 31.7 Å². The Kier molecular flexibility index (Phi) is 7.17. The van der Waals surface area contributed by atoms with Crippen molar-refractivity contribution in [3.05, 3.63) is 29.3 Å². The van der Waals surface area contributed by atoms with Crippen LogP contribution in [-0.4, -0.2) is 52.5 Å². The Balaban J connectivity index is 0.00000220. The van der Waals surface area contributed by atoms with E-state index >= 15 is 0 Å². The third kappa shape index (κ3) is 5.28. The van der Waals surface area contributed by atoms with Gasteiger partial charge in [0.25, 0.3) is 0 Å². The second-order valence-electron chi connectivity index (χ2n) is 4.41. The summed E-state index contributed by atoms with van der Waals surface area (Å²) in [5.74, 6) is 0.798. The number of guanidine groups is 1. The van der Waals surface area contributed by atoms with Crippen LogP contribution in [-0.2, 0) is 10.0 Å². The standard InChI is InChI=1S/C12H17ClN4O2S.HI/c1-17-8-7-15-12(17)14-5-6-16-20(18,19)11-4-2-3-10(13)9-11;/h2-4,9,16H,5-8H2,1H3,(H,14,15);1H. The topological polar surface area (TPSA) is 73.8 Å². The van der Waals surface area contributed by atoms with Crippen molar-refractivity contribution >= 4 is 51.6 Å². The van der Waals surface area contributed by atoms with Crippen LogP contribution in [0.15, 0.2) is 34.2 Å². The fourth-order valence-electron chi connectivity index (χ4n) is 1.80. The molecular weight excluding hydrogens is 427 g/mol. The van der Waals surface area contributed by atoms with E-state index < -0.39 is 10.0 Å². The van der Waals surface area contributed by atoms with E-state index in [1.165, 1.54) is 12.1 Å². The van der Waals surface area contributed by atoms with Crippen molar-refractivity contribution in [2.75, 3.05) is 33.2 Å². The lowest BCUT2D eigenvalue weighted by Gasteiger charge is -2.15. The van der Waals surface area contributed by atoms with E-state index in [4.69, 9.17) is 11.6 Å². The Labute approximate surface area is 147 Å². The van der Waals surface area contributed by atoms with Crippen LogP contribution in [0.2, 0.25) is 5.02 Å². The number of aliphatic imine (C=N–C) groups is 1. The molecule has 0 radical (unpaired) electrons. The molecule has 118 valence electrons. The van der Waals surface area contributed by atoms with Gasteiger partial charge in [0.1, 0.15) is 0 Å².